The molecule has 7 nitrogen and oxygen atoms in total. The lowest BCUT2D eigenvalue weighted by Crippen LogP contribution is -2.49. The lowest BCUT2D eigenvalue weighted by molar-refractivity contribution is -0.123. The van der Waals surface area contributed by atoms with Gasteiger partial charge in [-0.25, -0.2) is 0 Å². The Labute approximate surface area is 169 Å². The van der Waals surface area contributed by atoms with E-state index in [0.29, 0.717) is 18.8 Å². The van der Waals surface area contributed by atoms with Gasteiger partial charge in [-0.1, -0.05) is 36.4 Å². The van der Waals surface area contributed by atoms with Crippen LogP contribution in [-0.4, -0.2) is 34.2 Å². The second kappa shape index (κ2) is 8.28. The number of nitrogens with zero attached hydrogens (tertiary/aromatic N) is 3. The van der Waals surface area contributed by atoms with E-state index in [2.05, 4.69) is 21.8 Å². The Bertz CT molecular complexity index is 1020. The highest BCUT2D eigenvalue weighted by molar-refractivity contribution is 6.11. The fourth-order valence-corrected chi connectivity index (χ4v) is 3.47. The molecule has 148 valence electrons. The normalized spacial score (nSPS) is 14.2. The fourth-order valence-electron chi connectivity index (χ4n) is 3.47. The average molecular weight is 389 g/mol. The van der Waals surface area contributed by atoms with Crippen LogP contribution in [0.5, 0.6) is 0 Å². The molecule has 29 heavy (non-hydrogen) atoms. The molecule has 0 saturated carbocycles. The van der Waals surface area contributed by atoms with E-state index in [9.17, 15) is 9.59 Å². The Morgan fingerprint density at radius 2 is 1.90 bits per heavy atom. The number of aromatic nitrogens is 2. The van der Waals surface area contributed by atoms with Crippen LogP contribution in [-0.2, 0) is 22.7 Å². The van der Waals surface area contributed by atoms with Crippen LogP contribution >= 0.6 is 0 Å². The zero-order valence-electron chi connectivity index (χ0n) is 16.2. The van der Waals surface area contributed by atoms with Crippen LogP contribution in [0.2, 0.25) is 0 Å². The molecule has 0 aliphatic carbocycles. The fraction of sp³-hybridized carbons (Fsp3) is 0.227. The van der Waals surface area contributed by atoms with Gasteiger partial charge in [-0.3, -0.25) is 19.2 Å². The van der Waals surface area contributed by atoms with E-state index in [1.807, 2.05) is 60.3 Å². The van der Waals surface area contributed by atoms with Gasteiger partial charge in [0.25, 0.3) is 0 Å². The summed E-state index contributed by atoms with van der Waals surface area (Å²) < 4.78 is 1.87. The highest BCUT2D eigenvalue weighted by atomic mass is 16.2. The average Bonchev–Trinajstić information content (AvgIpc) is 3.25. The van der Waals surface area contributed by atoms with Crippen molar-refractivity contribution in [1.82, 2.24) is 15.1 Å². The van der Waals surface area contributed by atoms with Crippen LogP contribution in [0.4, 0.5) is 11.4 Å². The van der Waals surface area contributed by atoms with E-state index >= 15 is 0 Å². The van der Waals surface area contributed by atoms with Crippen LogP contribution in [0.1, 0.15) is 18.1 Å². The second-order valence-corrected chi connectivity index (χ2v) is 7.06. The highest BCUT2D eigenvalue weighted by Crippen LogP contribution is 2.29. The number of nitrogens with one attached hydrogen (secondary N) is 2. The van der Waals surface area contributed by atoms with E-state index < -0.39 is 6.04 Å². The van der Waals surface area contributed by atoms with Crippen LogP contribution < -0.4 is 15.5 Å². The molecule has 4 rings (SSSR count). The number of anilines is 2. The number of rotatable bonds is 6. The number of hydrogen-bond acceptors (Lipinski definition) is 4. The molecule has 0 saturated heterocycles. The molecule has 3 aromatic rings. The van der Waals surface area contributed by atoms with Gasteiger partial charge in [0.05, 0.1) is 24.0 Å². The molecule has 1 unspecified atom stereocenters. The lowest BCUT2D eigenvalue weighted by atomic mass is 10.1. The van der Waals surface area contributed by atoms with Crippen LogP contribution in [0.15, 0.2) is 67.0 Å². The Kier molecular flexibility index (Phi) is 5.39. The molecule has 7 heteroatoms. The lowest BCUT2D eigenvalue weighted by Gasteiger charge is -2.31. The second-order valence-electron chi connectivity index (χ2n) is 7.06. The molecule has 2 aromatic carbocycles. The van der Waals surface area contributed by atoms with Crippen molar-refractivity contribution < 1.29 is 9.59 Å². The number of benzene rings is 2. The number of carbonyl (C=O) groups is 2. The van der Waals surface area contributed by atoms with E-state index in [1.165, 1.54) is 0 Å². The van der Waals surface area contributed by atoms with Crippen molar-refractivity contribution in [2.24, 2.45) is 0 Å². The van der Waals surface area contributed by atoms with Crippen molar-refractivity contribution in [1.29, 1.82) is 0 Å². The van der Waals surface area contributed by atoms with Crippen molar-refractivity contribution in [3.8, 4) is 0 Å². The Balaban J connectivity index is 1.45. The summed E-state index contributed by atoms with van der Waals surface area (Å²) in [5.74, 6) is -0.314. The molecule has 1 aliphatic heterocycles. The first-order valence-electron chi connectivity index (χ1n) is 9.59. The van der Waals surface area contributed by atoms with Gasteiger partial charge in [-0.15, -0.1) is 0 Å². The SMILES string of the molecule is CC(NCc1ccccc1Cn1cccn1)C(=O)N1CC(=O)Nc2ccccc21. The van der Waals surface area contributed by atoms with E-state index in [1.54, 1.807) is 17.2 Å². The van der Waals surface area contributed by atoms with Crippen LogP contribution in [0.25, 0.3) is 0 Å². The molecular formula is C22H23N5O2. The van der Waals surface area contributed by atoms with Crippen LogP contribution in [0.3, 0.4) is 0 Å². The number of amides is 2. The Morgan fingerprint density at radius 1 is 1.14 bits per heavy atom. The first kappa shape index (κ1) is 18.9. The molecular weight excluding hydrogens is 366 g/mol. The number of hydrogen-bond donors (Lipinski definition) is 2. The number of fused-ring (bicyclic) bond motifs is 1. The van der Waals surface area contributed by atoms with Crippen molar-refractivity contribution >= 4 is 23.2 Å². The van der Waals surface area contributed by atoms with Crippen molar-refractivity contribution in [2.75, 3.05) is 16.8 Å². The Morgan fingerprint density at radius 3 is 2.69 bits per heavy atom. The van der Waals surface area contributed by atoms with Gasteiger partial charge in [0.1, 0.15) is 6.54 Å². The quantitative estimate of drug-likeness (QED) is 0.679. The van der Waals surface area contributed by atoms with Gasteiger partial charge in [0.15, 0.2) is 0 Å². The summed E-state index contributed by atoms with van der Waals surface area (Å²) in [7, 11) is 0. The topological polar surface area (TPSA) is 79.3 Å². The van der Waals surface area contributed by atoms with Crippen molar-refractivity contribution in [3.05, 3.63) is 78.1 Å². The van der Waals surface area contributed by atoms with E-state index in [-0.39, 0.29) is 18.4 Å². The summed E-state index contributed by atoms with van der Waals surface area (Å²) in [6, 6.07) is 16.9. The largest absolute Gasteiger partial charge is 0.323 e. The third-order valence-corrected chi connectivity index (χ3v) is 5.02. The number of carbonyl (C=O) groups excluding carboxylic acids is 2. The minimum Gasteiger partial charge on any atom is -0.323 e. The molecule has 1 aliphatic rings. The summed E-state index contributed by atoms with van der Waals surface area (Å²) in [6.07, 6.45) is 3.68. The van der Waals surface area contributed by atoms with Crippen molar-refractivity contribution in [2.45, 2.75) is 26.1 Å². The van der Waals surface area contributed by atoms with Gasteiger partial charge >= 0.3 is 0 Å². The van der Waals surface area contributed by atoms with Gasteiger partial charge in [-0.2, -0.15) is 5.10 Å². The minimum absolute atomic E-state index is 0.0255. The zero-order valence-corrected chi connectivity index (χ0v) is 16.2. The molecule has 1 aromatic heterocycles. The van der Waals surface area contributed by atoms with Gasteiger partial charge in [0, 0.05) is 18.9 Å². The summed E-state index contributed by atoms with van der Waals surface area (Å²) in [5.41, 5.74) is 3.64. The van der Waals surface area contributed by atoms with Gasteiger partial charge in [0.2, 0.25) is 11.8 Å². The van der Waals surface area contributed by atoms with E-state index in [0.717, 1.165) is 16.8 Å². The predicted molar refractivity (Wildman–Crippen MR) is 111 cm³/mol. The third kappa shape index (κ3) is 4.20. The molecule has 0 spiro atoms. The highest BCUT2D eigenvalue weighted by Gasteiger charge is 2.29. The van der Waals surface area contributed by atoms with Gasteiger partial charge < -0.3 is 10.6 Å². The first-order valence-corrected chi connectivity index (χ1v) is 9.59. The predicted octanol–water partition coefficient (Wildman–Crippen LogP) is 2.39. The Hall–Kier alpha value is -3.45. The molecule has 0 radical (unpaired) electrons. The maximum Gasteiger partial charge on any atom is 0.244 e. The first-order chi connectivity index (χ1) is 14.1. The smallest absolute Gasteiger partial charge is 0.244 e. The standard InChI is InChI=1S/C22H23N5O2/c1-16(22(29)27-15-21(28)25-19-9-4-5-10-20(19)27)23-13-17-7-2-3-8-18(17)14-26-12-6-11-24-26/h2-12,16,23H,13-15H2,1H3,(H,25,28). The molecule has 2 amide bonds. The molecule has 0 fully saturated rings. The number of para-hydroxylation sites is 2. The maximum atomic E-state index is 13.0. The summed E-state index contributed by atoms with van der Waals surface area (Å²) in [4.78, 5) is 26.6. The summed E-state index contributed by atoms with van der Waals surface area (Å²) >= 11 is 0. The minimum atomic E-state index is -0.438. The molecule has 1 atom stereocenters. The third-order valence-electron chi connectivity index (χ3n) is 5.02. The monoisotopic (exact) mass is 389 g/mol. The summed E-state index contributed by atoms with van der Waals surface area (Å²) in [6.45, 7) is 3.07. The molecule has 0 bridgehead atoms. The molecule has 2 N–H and O–H groups in total. The zero-order chi connectivity index (χ0) is 20.2. The van der Waals surface area contributed by atoms with Crippen LogP contribution in [0, 0.1) is 0 Å². The van der Waals surface area contributed by atoms with Gasteiger partial charge in [-0.05, 0) is 36.2 Å². The van der Waals surface area contributed by atoms with Crippen molar-refractivity contribution in [3.63, 3.8) is 0 Å². The maximum absolute atomic E-state index is 13.0. The summed E-state index contributed by atoms with van der Waals surface area (Å²) in [5, 5.41) is 10.4. The molecule has 2 heterocycles. The van der Waals surface area contributed by atoms with E-state index in [4.69, 9.17) is 0 Å².